The number of thiazole rings is 1. The van der Waals surface area contributed by atoms with Crippen LogP contribution in [0.3, 0.4) is 0 Å². The molecule has 1 aliphatic heterocycles. The van der Waals surface area contributed by atoms with E-state index in [2.05, 4.69) is 34.0 Å². The van der Waals surface area contributed by atoms with E-state index >= 15 is 0 Å². The molecule has 0 fully saturated rings. The molecule has 6 rings (SSSR count). The second-order valence-corrected chi connectivity index (χ2v) is 11.8. The zero-order valence-electron chi connectivity index (χ0n) is 22.2. The minimum Gasteiger partial charge on any atom is -0.495 e. The van der Waals surface area contributed by atoms with Crippen LogP contribution < -0.4 is 18.9 Å². The number of aromatic carboxylic acids is 1. The van der Waals surface area contributed by atoms with Crippen LogP contribution in [0.1, 0.15) is 10.4 Å². The normalized spacial score (nSPS) is 12.5. The van der Waals surface area contributed by atoms with E-state index in [1.54, 1.807) is 0 Å². The second kappa shape index (κ2) is 11.2. The lowest BCUT2D eigenvalue weighted by molar-refractivity contribution is 0.0696. The first-order valence-electron chi connectivity index (χ1n) is 12.8. The molecule has 0 atom stereocenters. The van der Waals surface area contributed by atoms with E-state index in [-0.39, 0.29) is 22.0 Å². The van der Waals surface area contributed by atoms with Gasteiger partial charge >= 0.3 is 5.97 Å². The van der Waals surface area contributed by atoms with E-state index in [9.17, 15) is 18.3 Å². The number of hydrogen-bond donors (Lipinski definition) is 2. The van der Waals surface area contributed by atoms with Gasteiger partial charge in [-0.15, -0.1) is 11.3 Å². The molecule has 11 heteroatoms. The number of carbonyl (C=O) groups is 1. The summed E-state index contributed by atoms with van der Waals surface area (Å²) in [5.74, 6) is 0.451. The zero-order valence-corrected chi connectivity index (χ0v) is 23.9. The molecule has 0 spiro atoms. The molecule has 1 aromatic heterocycles. The Balaban J connectivity index is 1.17. The smallest absolute Gasteiger partial charge is 0.335 e. The largest absolute Gasteiger partial charge is 0.495 e. The number of anilines is 1. The lowest BCUT2D eigenvalue weighted by atomic mass is 9.99. The molecule has 9 nitrogen and oxygen atoms in total. The lowest BCUT2D eigenvalue weighted by Crippen LogP contribution is -2.15. The number of benzene rings is 4. The Morgan fingerprint density at radius 1 is 0.833 bits per heavy atom. The number of carboxylic acids is 1. The van der Waals surface area contributed by atoms with Crippen molar-refractivity contribution in [2.75, 3.05) is 25.0 Å². The van der Waals surface area contributed by atoms with Crippen LogP contribution in [0.4, 0.5) is 5.69 Å². The van der Waals surface area contributed by atoms with Crippen molar-refractivity contribution in [1.82, 2.24) is 4.98 Å². The average Bonchev–Trinajstić information content (AvgIpc) is 3.53. The fourth-order valence-corrected chi connectivity index (χ4v) is 6.68. The second-order valence-electron chi connectivity index (χ2n) is 9.33. The SMILES string of the molecule is COc1cc(C(=O)O)ccc1NS(=O)(=O)c1csc(-c2ccc(-c3ccc(-c4ccc5c(c4)OCCO5)cc3)cc2)n1. The Labute approximate surface area is 246 Å². The fraction of sp³-hybridized carbons (Fsp3) is 0.0968. The van der Waals surface area contributed by atoms with Crippen molar-refractivity contribution >= 4 is 33.0 Å². The van der Waals surface area contributed by atoms with Gasteiger partial charge in [-0.2, -0.15) is 8.42 Å². The first-order chi connectivity index (χ1) is 20.3. The summed E-state index contributed by atoms with van der Waals surface area (Å²) in [5.41, 5.74) is 5.02. The van der Waals surface area contributed by atoms with Crippen LogP contribution in [0.5, 0.6) is 17.2 Å². The molecule has 2 heterocycles. The monoisotopic (exact) mass is 600 g/mol. The van der Waals surface area contributed by atoms with Crippen LogP contribution in [0.15, 0.2) is 95.3 Å². The number of carboxylic acid groups (broad SMARTS) is 1. The number of ether oxygens (including phenoxy) is 3. The van der Waals surface area contributed by atoms with Gasteiger partial charge in [0.1, 0.15) is 24.0 Å². The summed E-state index contributed by atoms with van der Waals surface area (Å²) < 4.78 is 45.0. The quantitative estimate of drug-likeness (QED) is 0.209. The molecule has 0 aliphatic carbocycles. The van der Waals surface area contributed by atoms with Crippen LogP contribution in [0.25, 0.3) is 32.8 Å². The predicted octanol–water partition coefficient (Wildman–Crippen LogP) is 6.42. The van der Waals surface area contributed by atoms with Crippen molar-refractivity contribution in [3.63, 3.8) is 0 Å². The van der Waals surface area contributed by atoms with Gasteiger partial charge in [-0.1, -0.05) is 54.6 Å². The number of fused-ring (bicyclic) bond motifs is 1. The van der Waals surface area contributed by atoms with Gasteiger partial charge < -0.3 is 19.3 Å². The number of aromatic nitrogens is 1. The van der Waals surface area contributed by atoms with Crippen LogP contribution in [0, 0.1) is 0 Å². The molecule has 0 radical (unpaired) electrons. The average molecular weight is 601 g/mol. The molecule has 0 amide bonds. The van der Waals surface area contributed by atoms with Gasteiger partial charge in [0.2, 0.25) is 0 Å². The molecule has 42 heavy (non-hydrogen) atoms. The molecule has 4 aromatic carbocycles. The first kappa shape index (κ1) is 27.3. The van der Waals surface area contributed by atoms with Gasteiger partial charge in [0.25, 0.3) is 10.0 Å². The summed E-state index contributed by atoms with van der Waals surface area (Å²) in [6.07, 6.45) is 0. The van der Waals surface area contributed by atoms with Crippen molar-refractivity contribution < 1.29 is 32.5 Å². The first-order valence-corrected chi connectivity index (χ1v) is 15.2. The number of hydrogen-bond acceptors (Lipinski definition) is 8. The van der Waals surface area contributed by atoms with E-state index in [4.69, 9.17) is 14.2 Å². The maximum absolute atomic E-state index is 13.0. The summed E-state index contributed by atoms with van der Waals surface area (Å²) in [4.78, 5) is 15.6. The van der Waals surface area contributed by atoms with Crippen LogP contribution >= 0.6 is 11.3 Å². The van der Waals surface area contributed by atoms with E-state index < -0.39 is 16.0 Å². The van der Waals surface area contributed by atoms with Gasteiger partial charge in [-0.05, 0) is 52.6 Å². The van der Waals surface area contributed by atoms with Gasteiger partial charge in [0.15, 0.2) is 16.5 Å². The minimum absolute atomic E-state index is 0.0230. The maximum Gasteiger partial charge on any atom is 0.335 e. The number of nitrogens with one attached hydrogen (secondary N) is 1. The number of methoxy groups -OCH3 is 1. The minimum atomic E-state index is -4.04. The highest BCUT2D eigenvalue weighted by Crippen LogP contribution is 2.36. The molecular formula is C31H24N2O7S2. The summed E-state index contributed by atoms with van der Waals surface area (Å²) in [5, 5.41) is 11.0. The number of rotatable bonds is 8. The highest BCUT2D eigenvalue weighted by Gasteiger charge is 2.21. The van der Waals surface area contributed by atoms with Crippen molar-refractivity contribution in [2.45, 2.75) is 5.03 Å². The molecule has 0 saturated heterocycles. The van der Waals surface area contributed by atoms with Crippen molar-refractivity contribution in [2.24, 2.45) is 0 Å². The Morgan fingerprint density at radius 2 is 1.43 bits per heavy atom. The maximum atomic E-state index is 13.0. The Bertz CT molecular complexity index is 1880. The Hall–Kier alpha value is -4.87. The third-order valence-corrected chi connectivity index (χ3v) is 8.97. The van der Waals surface area contributed by atoms with Crippen molar-refractivity contribution in [3.05, 3.63) is 95.9 Å². The summed E-state index contributed by atoms with van der Waals surface area (Å²) >= 11 is 1.21. The zero-order chi connectivity index (χ0) is 29.3. The van der Waals surface area contributed by atoms with E-state index in [0.717, 1.165) is 39.3 Å². The van der Waals surface area contributed by atoms with Gasteiger partial charge in [-0.3, -0.25) is 4.72 Å². The van der Waals surface area contributed by atoms with Gasteiger partial charge in [-0.25, -0.2) is 9.78 Å². The fourth-order valence-electron chi connectivity index (χ4n) is 4.50. The third kappa shape index (κ3) is 5.52. The molecule has 0 unspecified atom stereocenters. The summed E-state index contributed by atoms with van der Waals surface area (Å²) in [6, 6.07) is 25.8. The standard InChI is InChI=1S/C31H24N2O7S2/c1-38-27-17-24(31(34)35)10-12-25(27)33-42(36,37)29-18-41-30(32-29)22-8-6-20(7-9-22)19-2-4-21(5-3-19)23-11-13-26-28(16-23)40-15-14-39-26/h2-13,16-18,33H,14-15H2,1H3,(H,34,35). The van der Waals surface area contributed by atoms with E-state index in [1.165, 1.54) is 42.0 Å². The lowest BCUT2D eigenvalue weighted by Gasteiger charge is -2.19. The molecule has 2 N–H and O–H groups in total. The third-order valence-electron chi connectivity index (χ3n) is 6.68. The van der Waals surface area contributed by atoms with Crippen molar-refractivity contribution in [3.8, 4) is 50.1 Å². The molecule has 0 saturated carbocycles. The van der Waals surface area contributed by atoms with Crippen LogP contribution in [0.2, 0.25) is 0 Å². The van der Waals surface area contributed by atoms with Gasteiger partial charge in [0.05, 0.1) is 18.4 Å². The van der Waals surface area contributed by atoms with Gasteiger partial charge in [0, 0.05) is 10.9 Å². The molecular weight excluding hydrogens is 576 g/mol. The summed E-state index contributed by atoms with van der Waals surface area (Å²) in [7, 11) is -2.71. The summed E-state index contributed by atoms with van der Waals surface area (Å²) in [6.45, 7) is 1.10. The highest BCUT2D eigenvalue weighted by atomic mass is 32.2. The highest BCUT2D eigenvalue weighted by molar-refractivity contribution is 7.92. The predicted molar refractivity (Wildman–Crippen MR) is 160 cm³/mol. The van der Waals surface area contributed by atoms with E-state index in [0.29, 0.717) is 18.2 Å². The molecule has 212 valence electrons. The van der Waals surface area contributed by atoms with Crippen LogP contribution in [-0.2, 0) is 10.0 Å². The van der Waals surface area contributed by atoms with E-state index in [1.807, 2.05) is 42.5 Å². The Morgan fingerprint density at radius 3 is 2.07 bits per heavy atom. The Kier molecular flexibility index (Phi) is 7.27. The number of nitrogens with zero attached hydrogens (tertiary/aromatic N) is 1. The molecule has 1 aliphatic rings. The molecule has 5 aromatic rings. The number of sulfonamides is 1. The van der Waals surface area contributed by atoms with Crippen LogP contribution in [-0.4, -0.2) is 44.8 Å². The molecule has 0 bridgehead atoms. The topological polar surface area (TPSA) is 124 Å². The van der Waals surface area contributed by atoms with Crippen molar-refractivity contribution in [1.29, 1.82) is 0 Å².